The topological polar surface area (TPSA) is 63.2 Å². The third-order valence-corrected chi connectivity index (χ3v) is 19.7. The quantitative estimate of drug-likeness (QED) is 0.253. The van der Waals surface area contributed by atoms with Gasteiger partial charge in [-0.05, 0) is 72.0 Å². The highest BCUT2D eigenvalue weighted by Gasteiger charge is 2.46. The van der Waals surface area contributed by atoms with Gasteiger partial charge < -0.3 is 20.9 Å². The van der Waals surface area contributed by atoms with Crippen molar-refractivity contribution in [2.45, 2.75) is 78.9 Å². The summed E-state index contributed by atoms with van der Waals surface area (Å²) in [6, 6.07) is 0. The molecule has 0 saturated heterocycles. The van der Waals surface area contributed by atoms with Crippen molar-refractivity contribution in [3.63, 3.8) is 0 Å². The molecule has 0 radical (unpaired) electrons. The average molecular weight is 455 g/mol. The molecular weight excluding hydrogens is 417 g/mol. The number of hydrogen-bond acceptors (Lipinski definition) is 6. The van der Waals surface area contributed by atoms with E-state index in [4.69, 9.17) is 20.9 Å². The van der Waals surface area contributed by atoms with E-state index in [0.29, 0.717) is 0 Å². The van der Waals surface area contributed by atoms with Gasteiger partial charge in [0.15, 0.2) is 14.1 Å². The second-order valence-electron chi connectivity index (χ2n) is 9.20. The molecule has 0 rings (SSSR count). The number of carbonyl (C=O) groups excluding carboxylic acids is 1. The van der Waals surface area contributed by atoms with Crippen LogP contribution in [0.5, 0.6) is 0 Å². The molecule has 0 heterocycles. The van der Waals surface area contributed by atoms with E-state index in [1.54, 1.807) is 0 Å². The first kappa shape index (κ1) is 26.1. The molecule has 0 amide bonds. The lowest BCUT2D eigenvalue weighted by molar-refractivity contribution is -0.115. The van der Waals surface area contributed by atoms with Crippen LogP contribution in [0, 0.1) is 0 Å². The Morgan fingerprint density at radius 1 is 0.615 bits per heavy atom. The van der Waals surface area contributed by atoms with E-state index in [1.807, 2.05) is 39.3 Å². The summed E-state index contributed by atoms with van der Waals surface area (Å²) in [7, 11) is -11.6. The van der Waals surface area contributed by atoms with Crippen LogP contribution in [0.4, 0.5) is 0 Å². The molecule has 0 aromatic heterocycles. The zero-order valence-corrected chi connectivity index (χ0v) is 23.7. The summed E-state index contributed by atoms with van der Waals surface area (Å²) in [4.78, 5) is 11.4. The predicted octanol–water partition coefficient (Wildman–Crippen LogP) is 4.81. The third kappa shape index (κ3) is 11.8. The summed E-state index contributed by atoms with van der Waals surface area (Å²) in [5.41, 5.74) is 0. The highest BCUT2D eigenvalue weighted by molar-refractivity contribution is 6.89. The second-order valence-corrected chi connectivity index (χ2v) is 28.1. The van der Waals surface area contributed by atoms with E-state index in [2.05, 4.69) is 39.3 Å². The molecule has 0 aromatic rings. The van der Waals surface area contributed by atoms with Crippen LogP contribution >= 0.6 is 0 Å². The summed E-state index contributed by atoms with van der Waals surface area (Å²) in [6.45, 7) is 27.5. The molecule has 0 spiro atoms. The molecule has 0 saturated carbocycles. The Bertz CT molecular complexity index is 525. The molecule has 0 bridgehead atoms. The van der Waals surface area contributed by atoms with Crippen molar-refractivity contribution in [1.29, 1.82) is 0 Å². The third-order valence-electron chi connectivity index (χ3n) is 2.79. The SMILES string of the molecule is C=C(O[Si](C)(C)O[Si](C)(C)O[Si](C)(C)O[Si](C)(C)O[Si](C)(C)C)C(C)=O. The first-order chi connectivity index (χ1) is 11.2. The van der Waals surface area contributed by atoms with Crippen LogP contribution < -0.4 is 0 Å². The second kappa shape index (κ2) is 8.65. The van der Waals surface area contributed by atoms with E-state index >= 15 is 0 Å². The van der Waals surface area contributed by atoms with Crippen LogP contribution in [-0.2, 0) is 25.7 Å². The monoisotopic (exact) mass is 454 g/mol. The number of carbonyl (C=O) groups is 1. The summed E-state index contributed by atoms with van der Waals surface area (Å²) in [5, 5.41) is 0. The number of allylic oxidation sites excluding steroid dienone is 1. The number of hydrogen-bond donors (Lipinski definition) is 0. The van der Waals surface area contributed by atoms with Gasteiger partial charge in [0.25, 0.3) is 0 Å². The molecule has 0 atom stereocenters. The fraction of sp³-hybridized carbons (Fsp3) is 0.800. The van der Waals surface area contributed by atoms with Crippen molar-refractivity contribution >= 4 is 48.3 Å². The molecule has 154 valence electrons. The smallest absolute Gasteiger partial charge is 0.383 e. The van der Waals surface area contributed by atoms with Crippen LogP contribution in [0.15, 0.2) is 12.3 Å². The van der Waals surface area contributed by atoms with Crippen molar-refractivity contribution in [2.24, 2.45) is 0 Å². The fourth-order valence-electron chi connectivity index (χ4n) is 2.97. The maximum Gasteiger partial charge on any atom is 0.383 e. The van der Waals surface area contributed by atoms with Crippen LogP contribution in [0.2, 0.25) is 72.0 Å². The normalized spacial score (nSPS) is 14.3. The maximum absolute atomic E-state index is 11.4. The summed E-state index contributed by atoms with van der Waals surface area (Å²) in [5.74, 6) is -0.0554. The van der Waals surface area contributed by atoms with Gasteiger partial charge in [-0.3, -0.25) is 4.79 Å². The van der Waals surface area contributed by atoms with E-state index in [9.17, 15) is 4.79 Å². The van der Waals surface area contributed by atoms with E-state index in [1.165, 1.54) is 6.92 Å². The highest BCUT2D eigenvalue weighted by atomic mass is 28.5. The van der Waals surface area contributed by atoms with Crippen LogP contribution in [0.3, 0.4) is 0 Å². The largest absolute Gasteiger partial charge is 0.519 e. The van der Waals surface area contributed by atoms with Crippen LogP contribution in [0.25, 0.3) is 0 Å². The Morgan fingerprint density at radius 3 is 1.23 bits per heavy atom. The Labute approximate surface area is 165 Å². The fourth-order valence-corrected chi connectivity index (χ4v) is 25.6. The zero-order chi connectivity index (χ0) is 21.2. The zero-order valence-electron chi connectivity index (χ0n) is 18.7. The first-order valence-corrected chi connectivity index (χ1v) is 23.5. The maximum atomic E-state index is 11.4. The van der Waals surface area contributed by atoms with Gasteiger partial charge in [0.05, 0.1) is 0 Å². The predicted molar refractivity (Wildman–Crippen MR) is 119 cm³/mol. The molecule has 6 nitrogen and oxygen atoms in total. The summed E-state index contributed by atoms with van der Waals surface area (Å²) >= 11 is 0. The molecule has 0 aliphatic carbocycles. The molecule has 0 aromatic carbocycles. The lowest BCUT2D eigenvalue weighted by Crippen LogP contribution is -2.58. The van der Waals surface area contributed by atoms with Crippen LogP contribution in [0.1, 0.15) is 6.92 Å². The first-order valence-electron chi connectivity index (χ1n) is 8.85. The molecule has 0 aliphatic heterocycles. The van der Waals surface area contributed by atoms with Gasteiger partial charge in [-0.25, -0.2) is 0 Å². The van der Waals surface area contributed by atoms with Gasteiger partial charge in [-0.1, -0.05) is 6.58 Å². The van der Waals surface area contributed by atoms with E-state index in [0.717, 1.165) is 0 Å². The van der Waals surface area contributed by atoms with E-state index < -0.39 is 42.6 Å². The van der Waals surface area contributed by atoms with Crippen molar-refractivity contribution in [2.75, 3.05) is 0 Å². The molecule has 11 heteroatoms. The van der Waals surface area contributed by atoms with Gasteiger partial charge in [0.1, 0.15) is 5.76 Å². The van der Waals surface area contributed by atoms with Gasteiger partial charge in [0.2, 0.25) is 0 Å². The number of Topliss-reactive ketones (excluding diaryl/α,β-unsaturated/α-hetero) is 1. The van der Waals surface area contributed by atoms with Crippen molar-refractivity contribution < 1.29 is 25.7 Å². The van der Waals surface area contributed by atoms with Crippen molar-refractivity contribution in [1.82, 2.24) is 0 Å². The van der Waals surface area contributed by atoms with Gasteiger partial charge >= 0.3 is 34.2 Å². The van der Waals surface area contributed by atoms with Crippen molar-refractivity contribution in [3.8, 4) is 0 Å². The van der Waals surface area contributed by atoms with Crippen molar-refractivity contribution in [3.05, 3.63) is 12.3 Å². The van der Waals surface area contributed by atoms with Gasteiger partial charge in [-0.2, -0.15) is 0 Å². The molecule has 0 N–H and O–H groups in total. The summed E-state index contributed by atoms with van der Waals surface area (Å²) in [6.07, 6.45) is 0. The summed E-state index contributed by atoms with van der Waals surface area (Å²) < 4.78 is 31.0. The average Bonchev–Trinajstić information content (AvgIpc) is 2.17. The minimum absolute atomic E-state index is 0.135. The van der Waals surface area contributed by atoms with Gasteiger partial charge in [-0.15, -0.1) is 0 Å². The minimum Gasteiger partial charge on any atom is -0.519 e. The standard InChI is InChI=1S/C15H38O6Si5/c1-14(16)15(2)17-23(6,7)19-25(10,11)21-26(12,13)20-24(8,9)18-22(3,4)5/h2H2,1,3-13H3. The molecule has 0 aliphatic rings. The lowest BCUT2D eigenvalue weighted by Gasteiger charge is -2.41. The van der Waals surface area contributed by atoms with Crippen LogP contribution in [-0.4, -0.2) is 48.3 Å². The van der Waals surface area contributed by atoms with E-state index in [-0.39, 0.29) is 11.5 Å². The lowest BCUT2D eigenvalue weighted by atomic mass is 10.4. The Kier molecular flexibility index (Phi) is 8.70. The molecule has 0 unspecified atom stereocenters. The van der Waals surface area contributed by atoms with Gasteiger partial charge in [0, 0.05) is 6.92 Å². The number of ketones is 1. The Balaban J connectivity index is 5.05. The molecular formula is C15H38O6Si5. The Hall–Kier alpha value is 0.134. The Morgan fingerprint density at radius 2 is 0.923 bits per heavy atom. The number of rotatable bonds is 11. The molecule has 26 heavy (non-hydrogen) atoms. The highest BCUT2D eigenvalue weighted by Crippen LogP contribution is 2.26. The minimum atomic E-state index is -2.59. The molecule has 0 fully saturated rings.